The van der Waals surface area contributed by atoms with Crippen molar-refractivity contribution in [3.05, 3.63) is 43.4 Å². The number of fused-ring (bicyclic) bond motifs is 1. The molecule has 0 aromatic carbocycles. The van der Waals surface area contributed by atoms with Crippen LogP contribution < -0.4 is 4.57 Å². The van der Waals surface area contributed by atoms with E-state index in [4.69, 9.17) is 0 Å². The highest BCUT2D eigenvalue weighted by atomic mass is 32.2. The second-order valence-corrected chi connectivity index (χ2v) is 10.7. The largest absolute Gasteiger partial charge is 0.339 e. The first-order chi connectivity index (χ1) is 12.3. The van der Waals surface area contributed by atoms with E-state index in [-0.39, 0.29) is 0 Å². The van der Waals surface area contributed by atoms with Crippen LogP contribution in [-0.2, 0) is 18.7 Å². The van der Waals surface area contributed by atoms with Crippen molar-refractivity contribution in [1.29, 1.82) is 0 Å². The molecule has 25 heavy (non-hydrogen) atoms. The monoisotopic (exact) mass is 409 g/mol. The minimum Gasteiger partial charge on any atom is -0.339 e. The summed E-state index contributed by atoms with van der Waals surface area (Å²) in [5.41, 5.74) is 3.16. The highest BCUT2D eigenvalue weighted by molar-refractivity contribution is 8.09. The van der Waals surface area contributed by atoms with Crippen LogP contribution >= 0.6 is 46.6 Å². The third-order valence-corrected chi connectivity index (χ3v) is 9.55. The van der Waals surface area contributed by atoms with Gasteiger partial charge in [-0.15, -0.1) is 0 Å². The zero-order chi connectivity index (χ0) is 17.2. The Labute approximate surface area is 167 Å². The molecule has 0 aliphatic carbocycles. The summed E-state index contributed by atoms with van der Waals surface area (Å²) in [6.45, 7) is 6.70. The zero-order valence-electron chi connectivity index (χ0n) is 14.9. The summed E-state index contributed by atoms with van der Waals surface area (Å²) in [4.78, 5) is 5.70. The Morgan fingerprint density at radius 1 is 1.12 bits per heavy atom. The van der Waals surface area contributed by atoms with Gasteiger partial charge in [-0.2, -0.15) is 28.1 Å². The van der Waals surface area contributed by atoms with Gasteiger partial charge in [0.15, 0.2) is 5.69 Å². The van der Waals surface area contributed by atoms with Gasteiger partial charge < -0.3 is 4.90 Å². The number of thiazole rings is 1. The number of hydrogen-bond acceptors (Lipinski definition) is 5. The van der Waals surface area contributed by atoms with Crippen molar-refractivity contribution in [2.24, 2.45) is 0 Å². The summed E-state index contributed by atoms with van der Waals surface area (Å²) in [5, 5.41) is 2.82. The van der Waals surface area contributed by atoms with Crippen molar-refractivity contribution < 1.29 is 4.57 Å². The molecule has 0 amide bonds. The fraction of sp³-hybridized carbons (Fsp3) is 0.526. The molecule has 0 saturated heterocycles. The van der Waals surface area contributed by atoms with Crippen LogP contribution in [0.15, 0.2) is 27.8 Å². The Balaban J connectivity index is 1.55. The molecule has 4 heterocycles. The molecule has 0 unspecified atom stereocenters. The fourth-order valence-corrected chi connectivity index (χ4v) is 8.44. The predicted molar refractivity (Wildman–Crippen MR) is 116 cm³/mol. The second kappa shape index (κ2) is 8.15. The molecule has 0 spiro atoms. The van der Waals surface area contributed by atoms with Crippen molar-refractivity contribution in [1.82, 2.24) is 4.90 Å². The van der Waals surface area contributed by atoms with Crippen LogP contribution in [0.4, 0.5) is 0 Å². The lowest BCUT2D eigenvalue weighted by molar-refractivity contribution is -0.697. The van der Waals surface area contributed by atoms with Gasteiger partial charge in [0.25, 0.3) is 5.01 Å². The number of rotatable bonds is 4. The highest BCUT2D eigenvalue weighted by Gasteiger charge is 2.29. The molecule has 3 aliphatic heterocycles. The summed E-state index contributed by atoms with van der Waals surface area (Å²) >= 11 is 8.12. The minimum atomic E-state index is 1.08. The van der Waals surface area contributed by atoms with Crippen LogP contribution in [0.1, 0.15) is 35.8 Å². The smallest absolute Gasteiger partial charge is 0.262 e. The van der Waals surface area contributed by atoms with E-state index >= 15 is 0 Å². The van der Waals surface area contributed by atoms with Gasteiger partial charge in [-0.3, -0.25) is 0 Å². The number of nitrogens with zero attached hydrogens (tertiary/aromatic N) is 2. The fourth-order valence-electron chi connectivity index (χ4n) is 3.64. The van der Waals surface area contributed by atoms with Crippen molar-refractivity contribution in [2.75, 3.05) is 23.8 Å². The van der Waals surface area contributed by atoms with Crippen LogP contribution in [0.5, 0.6) is 0 Å². The molecule has 6 heteroatoms. The summed E-state index contributed by atoms with van der Waals surface area (Å²) < 4.78 is 2.52. The molecule has 3 aliphatic rings. The van der Waals surface area contributed by atoms with E-state index in [1.165, 1.54) is 45.9 Å². The minimum absolute atomic E-state index is 1.08. The maximum absolute atomic E-state index is 2.52. The normalized spacial score (nSPS) is 22.2. The number of hydrogen-bond donors (Lipinski definition) is 0. The molecule has 0 fully saturated rings. The van der Waals surface area contributed by atoms with Crippen LogP contribution in [0.2, 0.25) is 0 Å². The van der Waals surface area contributed by atoms with Crippen molar-refractivity contribution in [3.8, 4) is 0 Å². The van der Waals surface area contributed by atoms with Crippen molar-refractivity contribution >= 4 is 52.7 Å². The lowest BCUT2D eigenvalue weighted by atomic mass is 10.2. The van der Waals surface area contributed by atoms with Crippen LogP contribution in [0.25, 0.3) is 6.08 Å². The SMILES string of the molecule is CCN1C(=CC=Cc2sc3c([n+]2CC)CCSC3)SC2=C1CCSC2. The zero-order valence-corrected chi connectivity index (χ0v) is 18.2. The van der Waals surface area contributed by atoms with E-state index in [1.54, 1.807) is 21.2 Å². The molecule has 0 saturated carbocycles. The van der Waals surface area contributed by atoms with Crippen molar-refractivity contribution in [3.63, 3.8) is 0 Å². The Morgan fingerprint density at radius 2 is 1.96 bits per heavy atom. The third-order valence-electron chi connectivity index (χ3n) is 4.83. The van der Waals surface area contributed by atoms with Crippen LogP contribution in [0, 0.1) is 0 Å². The maximum Gasteiger partial charge on any atom is 0.262 e. The number of allylic oxidation sites excluding steroid dienone is 3. The standard InChI is InChI=1S/C19H25N2S4/c1-3-20-14-8-10-22-12-16(14)24-18(20)6-5-7-19-21(4-2)15-9-11-23-13-17(15)25-19/h5-7H,3-4,8-13H2,1-2H3/q+1. The molecule has 0 N–H and O–H groups in total. The van der Waals surface area contributed by atoms with Gasteiger partial charge >= 0.3 is 0 Å². The highest BCUT2D eigenvalue weighted by Crippen LogP contribution is 2.46. The summed E-state index contributed by atoms with van der Waals surface area (Å²) in [6.07, 6.45) is 9.38. The van der Waals surface area contributed by atoms with Gasteiger partial charge in [0.05, 0.1) is 9.91 Å². The van der Waals surface area contributed by atoms with Crippen LogP contribution in [0.3, 0.4) is 0 Å². The Bertz CT molecular complexity index is 745. The topological polar surface area (TPSA) is 7.12 Å². The van der Waals surface area contributed by atoms with Crippen LogP contribution in [-0.4, -0.2) is 28.7 Å². The number of aromatic nitrogens is 1. The molecule has 0 bridgehead atoms. The molecule has 0 radical (unpaired) electrons. The van der Waals surface area contributed by atoms with E-state index in [0.29, 0.717) is 0 Å². The molecule has 0 atom stereocenters. The number of thioether (sulfide) groups is 3. The van der Waals surface area contributed by atoms with E-state index < -0.39 is 0 Å². The first-order valence-electron chi connectivity index (χ1n) is 9.07. The van der Waals surface area contributed by atoms with Gasteiger partial charge in [-0.1, -0.05) is 29.2 Å². The summed E-state index contributed by atoms with van der Waals surface area (Å²) in [7, 11) is 0. The van der Waals surface area contributed by atoms with E-state index in [2.05, 4.69) is 65.1 Å². The van der Waals surface area contributed by atoms with Gasteiger partial charge in [0.2, 0.25) is 0 Å². The second-order valence-electron chi connectivity index (χ2n) is 6.24. The molecule has 4 rings (SSSR count). The van der Waals surface area contributed by atoms with E-state index in [1.807, 2.05) is 23.1 Å². The predicted octanol–water partition coefficient (Wildman–Crippen LogP) is 5.12. The lowest BCUT2D eigenvalue weighted by Crippen LogP contribution is -2.38. The average Bonchev–Trinajstić information content (AvgIpc) is 3.18. The molecule has 1 aromatic rings. The van der Waals surface area contributed by atoms with E-state index in [0.717, 1.165) is 13.1 Å². The summed E-state index contributed by atoms with van der Waals surface area (Å²) in [5.74, 6) is 4.94. The average molecular weight is 410 g/mol. The Hall–Kier alpha value is -0.300. The van der Waals surface area contributed by atoms with Gasteiger partial charge in [0, 0.05) is 46.9 Å². The first kappa shape index (κ1) is 18.1. The third kappa shape index (κ3) is 3.60. The molecular weight excluding hydrogens is 384 g/mol. The van der Waals surface area contributed by atoms with Gasteiger partial charge in [-0.05, 0) is 32.1 Å². The lowest BCUT2D eigenvalue weighted by Gasteiger charge is -2.22. The molecule has 1 aromatic heterocycles. The molecule has 2 nitrogen and oxygen atoms in total. The Kier molecular flexibility index (Phi) is 5.90. The van der Waals surface area contributed by atoms with E-state index in [9.17, 15) is 0 Å². The van der Waals surface area contributed by atoms with Gasteiger partial charge in [-0.25, -0.2) is 0 Å². The first-order valence-corrected chi connectivity index (χ1v) is 13.0. The maximum atomic E-state index is 2.52. The molecule has 134 valence electrons. The Morgan fingerprint density at radius 3 is 2.80 bits per heavy atom. The quantitative estimate of drug-likeness (QED) is 0.637. The van der Waals surface area contributed by atoms with Crippen molar-refractivity contribution in [2.45, 2.75) is 39.0 Å². The molecular formula is C19H25N2S4+. The van der Waals surface area contributed by atoms with Gasteiger partial charge in [0.1, 0.15) is 6.54 Å². The summed E-state index contributed by atoms with van der Waals surface area (Å²) in [6, 6.07) is 0.